The second-order valence-corrected chi connectivity index (χ2v) is 5.58. The number of carboxylic acid groups (broad SMARTS) is 1. The fraction of sp³-hybridized carbons (Fsp3) is 0.278. The number of ether oxygens (including phenoxy) is 1. The quantitative estimate of drug-likeness (QED) is 0.564. The predicted octanol–water partition coefficient (Wildman–Crippen LogP) is 1.87. The monoisotopic (exact) mass is 343 g/mol. The van der Waals surface area contributed by atoms with E-state index in [9.17, 15) is 9.59 Å². The number of carbonyl (C=O) groups is 2. The molecule has 0 radical (unpaired) electrons. The van der Waals surface area contributed by atoms with Gasteiger partial charge in [-0.15, -0.1) is 6.58 Å². The number of amides is 1. The van der Waals surface area contributed by atoms with Crippen LogP contribution < -0.4 is 5.32 Å². The fourth-order valence-corrected chi connectivity index (χ4v) is 2.33. The van der Waals surface area contributed by atoms with E-state index in [-0.39, 0.29) is 13.2 Å². The number of rotatable bonds is 8. The van der Waals surface area contributed by atoms with Crippen LogP contribution in [0.2, 0.25) is 0 Å². The molecule has 2 aromatic rings. The summed E-state index contributed by atoms with van der Waals surface area (Å²) < 4.78 is 6.89. The standard InChI is InChI=1S/C18H21N3O4/c1-4-9-25-11-16(18(23)24)19-17(22)14-5-7-15(8-6-14)21-13(3)10-12(2)20-21/h4-8,10,16H,1,9,11H2,2-3H3,(H,19,22)(H,23,24). The molecule has 0 aliphatic heterocycles. The minimum atomic E-state index is -1.16. The normalized spacial score (nSPS) is 11.8. The molecule has 2 N–H and O–H groups in total. The van der Waals surface area contributed by atoms with Crippen molar-refractivity contribution in [1.82, 2.24) is 15.1 Å². The number of aromatic nitrogens is 2. The van der Waals surface area contributed by atoms with E-state index < -0.39 is 17.9 Å². The molecule has 1 aromatic heterocycles. The van der Waals surface area contributed by atoms with Crippen LogP contribution in [-0.4, -0.2) is 46.0 Å². The first-order valence-electron chi connectivity index (χ1n) is 7.78. The van der Waals surface area contributed by atoms with Gasteiger partial charge < -0.3 is 15.2 Å². The van der Waals surface area contributed by atoms with E-state index in [1.54, 1.807) is 28.9 Å². The minimum Gasteiger partial charge on any atom is -0.480 e. The SMILES string of the molecule is C=CCOCC(NC(=O)c1ccc(-n2nc(C)cc2C)cc1)C(=O)O. The summed E-state index contributed by atoms with van der Waals surface area (Å²) in [6, 6.07) is 7.62. The van der Waals surface area contributed by atoms with Crippen molar-refractivity contribution >= 4 is 11.9 Å². The van der Waals surface area contributed by atoms with E-state index in [1.807, 2.05) is 19.9 Å². The lowest BCUT2D eigenvalue weighted by Crippen LogP contribution is -2.44. The van der Waals surface area contributed by atoms with Crippen LogP contribution in [0.15, 0.2) is 43.0 Å². The van der Waals surface area contributed by atoms with E-state index in [0.717, 1.165) is 17.1 Å². The summed E-state index contributed by atoms with van der Waals surface area (Å²) in [4.78, 5) is 23.4. The van der Waals surface area contributed by atoms with Gasteiger partial charge in [-0.3, -0.25) is 4.79 Å². The first-order valence-corrected chi connectivity index (χ1v) is 7.78. The van der Waals surface area contributed by atoms with Gasteiger partial charge in [0.2, 0.25) is 0 Å². The number of carboxylic acids is 1. The van der Waals surface area contributed by atoms with Crippen LogP contribution in [0.5, 0.6) is 0 Å². The third-order valence-corrected chi connectivity index (χ3v) is 3.51. The predicted molar refractivity (Wildman–Crippen MR) is 92.9 cm³/mol. The molecule has 1 unspecified atom stereocenters. The van der Waals surface area contributed by atoms with Gasteiger partial charge in [0.15, 0.2) is 6.04 Å². The highest BCUT2D eigenvalue weighted by molar-refractivity contribution is 5.96. The number of hydrogen-bond donors (Lipinski definition) is 2. The van der Waals surface area contributed by atoms with Crippen molar-refractivity contribution < 1.29 is 19.4 Å². The first-order chi connectivity index (χ1) is 11.9. The summed E-state index contributed by atoms with van der Waals surface area (Å²) in [5.41, 5.74) is 3.08. The molecule has 1 heterocycles. The van der Waals surface area contributed by atoms with Crippen molar-refractivity contribution in [3.8, 4) is 5.69 Å². The summed E-state index contributed by atoms with van der Waals surface area (Å²) >= 11 is 0. The van der Waals surface area contributed by atoms with Gasteiger partial charge in [-0.25, -0.2) is 9.48 Å². The van der Waals surface area contributed by atoms with Gasteiger partial charge in [-0.1, -0.05) is 6.08 Å². The highest BCUT2D eigenvalue weighted by Gasteiger charge is 2.20. The molecule has 0 spiro atoms. The van der Waals surface area contributed by atoms with Gasteiger partial charge in [0.25, 0.3) is 5.91 Å². The average molecular weight is 343 g/mol. The number of nitrogens with one attached hydrogen (secondary N) is 1. The van der Waals surface area contributed by atoms with Gasteiger partial charge in [0.1, 0.15) is 0 Å². The second-order valence-electron chi connectivity index (χ2n) is 5.58. The molecule has 0 aliphatic rings. The summed E-state index contributed by atoms with van der Waals surface area (Å²) in [5.74, 6) is -1.63. The molecule has 7 heteroatoms. The Bertz CT molecular complexity index is 765. The Morgan fingerprint density at radius 1 is 1.36 bits per heavy atom. The van der Waals surface area contributed by atoms with E-state index in [1.165, 1.54) is 6.08 Å². The van der Waals surface area contributed by atoms with Crippen LogP contribution in [0.4, 0.5) is 0 Å². The second kappa shape index (κ2) is 8.25. The number of hydrogen-bond acceptors (Lipinski definition) is 4. The molecule has 0 saturated carbocycles. The molecular formula is C18H21N3O4. The van der Waals surface area contributed by atoms with Crippen LogP contribution in [0, 0.1) is 13.8 Å². The Morgan fingerprint density at radius 2 is 2.04 bits per heavy atom. The maximum absolute atomic E-state index is 12.2. The maximum Gasteiger partial charge on any atom is 0.328 e. The van der Waals surface area contributed by atoms with Crippen LogP contribution in [0.1, 0.15) is 21.7 Å². The lowest BCUT2D eigenvalue weighted by molar-refractivity contribution is -0.140. The van der Waals surface area contributed by atoms with Crippen molar-refractivity contribution in [2.45, 2.75) is 19.9 Å². The van der Waals surface area contributed by atoms with Crippen molar-refractivity contribution in [2.75, 3.05) is 13.2 Å². The Morgan fingerprint density at radius 3 is 2.56 bits per heavy atom. The molecular weight excluding hydrogens is 322 g/mol. The lowest BCUT2D eigenvalue weighted by Gasteiger charge is -2.14. The van der Waals surface area contributed by atoms with Crippen molar-refractivity contribution in [2.24, 2.45) is 0 Å². The number of benzene rings is 1. The van der Waals surface area contributed by atoms with E-state index >= 15 is 0 Å². The van der Waals surface area contributed by atoms with Crippen molar-refractivity contribution in [1.29, 1.82) is 0 Å². The number of aryl methyl sites for hydroxylation is 2. The molecule has 0 bridgehead atoms. The zero-order valence-electron chi connectivity index (χ0n) is 14.2. The highest BCUT2D eigenvalue weighted by Crippen LogP contribution is 2.13. The molecule has 1 atom stereocenters. The Hall–Kier alpha value is -2.93. The molecule has 132 valence electrons. The molecule has 7 nitrogen and oxygen atoms in total. The Balaban J connectivity index is 2.07. The van der Waals surface area contributed by atoms with E-state index in [2.05, 4.69) is 17.0 Å². The van der Waals surface area contributed by atoms with Gasteiger partial charge in [-0.2, -0.15) is 5.10 Å². The number of nitrogens with zero attached hydrogens (tertiary/aromatic N) is 2. The summed E-state index contributed by atoms with van der Waals surface area (Å²) in [6.07, 6.45) is 1.51. The van der Waals surface area contributed by atoms with Gasteiger partial charge in [0, 0.05) is 11.3 Å². The molecule has 25 heavy (non-hydrogen) atoms. The minimum absolute atomic E-state index is 0.128. The van der Waals surface area contributed by atoms with Gasteiger partial charge in [0.05, 0.1) is 24.6 Å². The highest BCUT2D eigenvalue weighted by atomic mass is 16.5. The van der Waals surface area contributed by atoms with Crippen molar-refractivity contribution in [3.05, 3.63) is 59.9 Å². The number of carbonyl (C=O) groups excluding carboxylic acids is 1. The van der Waals surface area contributed by atoms with E-state index in [4.69, 9.17) is 9.84 Å². The lowest BCUT2D eigenvalue weighted by atomic mass is 10.1. The van der Waals surface area contributed by atoms with Crippen LogP contribution >= 0.6 is 0 Å². The van der Waals surface area contributed by atoms with Gasteiger partial charge >= 0.3 is 5.97 Å². The molecule has 1 aromatic carbocycles. The molecule has 0 aliphatic carbocycles. The summed E-state index contributed by atoms with van der Waals surface area (Å²) in [7, 11) is 0. The number of aliphatic carboxylic acids is 1. The molecule has 1 amide bonds. The Labute approximate surface area is 145 Å². The largest absolute Gasteiger partial charge is 0.480 e. The first kappa shape index (κ1) is 18.4. The zero-order chi connectivity index (χ0) is 18.4. The molecule has 0 saturated heterocycles. The fourth-order valence-electron chi connectivity index (χ4n) is 2.33. The average Bonchev–Trinajstić information content (AvgIpc) is 2.92. The summed E-state index contributed by atoms with van der Waals surface area (Å²) in [6.45, 7) is 7.43. The van der Waals surface area contributed by atoms with Gasteiger partial charge in [-0.05, 0) is 44.2 Å². The smallest absolute Gasteiger partial charge is 0.328 e. The van der Waals surface area contributed by atoms with E-state index in [0.29, 0.717) is 5.56 Å². The molecule has 2 rings (SSSR count). The third kappa shape index (κ3) is 4.77. The Kier molecular flexibility index (Phi) is 6.08. The topological polar surface area (TPSA) is 93.5 Å². The summed E-state index contributed by atoms with van der Waals surface area (Å²) in [5, 5.41) is 16.0. The van der Waals surface area contributed by atoms with Crippen LogP contribution in [-0.2, 0) is 9.53 Å². The molecule has 0 fully saturated rings. The van der Waals surface area contributed by atoms with Crippen LogP contribution in [0.3, 0.4) is 0 Å². The zero-order valence-corrected chi connectivity index (χ0v) is 14.2. The van der Waals surface area contributed by atoms with Crippen molar-refractivity contribution in [3.63, 3.8) is 0 Å². The van der Waals surface area contributed by atoms with Crippen LogP contribution in [0.25, 0.3) is 5.69 Å². The maximum atomic E-state index is 12.2. The third-order valence-electron chi connectivity index (χ3n) is 3.51.